The van der Waals surface area contributed by atoms with Gasteiger partial charge in [-0.05, 0) is 35.7 Å². The van der Waals surface area contributed by atoms with E-state index < -0.39 is 0 Å². The molecule has 0 saturated carbocycles. The van der Waals surface area contributed by atoms with Crippen LogP contribution in [0.3, 0.4) is 0 Å². The van der Waals surface area contributed by atoms with Crippen LogP contribution in [0.15, 0.2) is 42.5 Å². The summed E-state index contributed by atoms with van der Waals surface area (Å²) in [7, 11) is 0. The van der Waals surface area contributed by atoms with Crippen LogP contribution >= 0.6 is 11.6 Å². The van der Waals surface area contributed by atoms with E-state index in [9.17, 15) is 4.79 Å². The molecule has 1 aliphatic rings. The van der Waals surface area contributed by atoms with Crippen LogP contribution in [-0.2, 0) is 4.79 Å². The maximum Gasteiger partial charge on any atom is 0.260 e. The minimum absolute atomic E-state index is 0.00489. The summed E-state index contributed by atoms with van der Waals surface area (Å²) in [4.78, 5) is 16.4. The lowest BCUT2D eigenvalue weighted by Gasteiger charge is -2.36. The van der Waals surface area contributed by atoms with Gasteiger partial charge < -0.3 is 20.3 Å². The van der Waals surface area contributed by atoms with Crippen molar-refractivity contribution < 1.29 is 9.53 Å². The Morgan fingerprint density at radius 3 is 2.37 bits per heavy atom. The number of hydrogen-bond donors (Lipinski definition) is 1. The van der Waals surface area contributed by atoms with Crippen molar-refractivity contribution in [2.24, 2.45) is 0 Å². The van der Waals surface area contributed by atoms with Gasteiger partial charge >= 0.3 is 0 Å². The number of nitrogens with two attached hydrogens (primary N) is 1. The number of ether oxygens (including phenoxy) is 1. The van der Waals surface area contributed by atoms with Crippen molar-refractivity contribution in [2.45, 2.75) is 19.8 Å². The number of piperazine rings is 1. The fourth-order valence-corrected chi connectivity index (χ4v) is 3.53. The van der Waals surface area contributed by atoms with E-state index in [2.05, 4.69) is 18.7 Å². The highest BCUT2D eigenvalue weighted by Crippen LogP contribution is 2.32. The number of halogens is 1. The SMILES string of the molecule is CC(C)c1ccc(OCC(=O)N2CCN(c3c(N)cccc3Cl)CC2)cc1. The first-order valence-corrected chi connectivity index (χ1v) is 9.63. The van der Waals surface area contributed by atoms with Crippen LogP contribution in [0.1, 0.15) is 25.3 Å². The van der Waals surface area contributed by atoms with Crippen molar-refractivity contribution >= 4 is 28.9 Å². The predicted octanol–water partition coefficient (Wildman–Crippen LogP) is 3.77. The lowest BCUT2D eigenvalue weighted by atomic mass is 10.0. The summed E-state index contributed by atoms with van der Waals surface area (Å²) in [5, 5.41) is 0.642. The van der Waals surface area contributed by atoms with Gasteiger partial charge in [-0.25, -0.2) is 0 Å². The van der Waals surface area contributed by atoms with E-state index in [-0.39, 0.29) is 12.5 Å². The van der Waals surface area contributed by atoms with Crippen molar-refractivity contribution in [3.63, 3.8) is 0 Å². The first-order valence-electron chi connectivity index (χ1n) is 9.25. The molecule has 1 fully saturated rings. The zero-order valence-corrected chi connectivity index (χ0v) is 16.6. The van der Waals surface area contributed by atoms with Gasteiger partial charge in [0.25, 0.3) is 5.91 Å². The van der Waals surface area contributed by atoms with Crippen LogP contribution in [0, 0.1) is 0 Å². The number of carbonyl (C=O) groups is 1. The average molecular weight is 388 g/mol. The van der Waals surface area contributed by atoms with Crippen LogP contribution in [0.25, 0.3) is 0 Å². The number of anilines is 2. The quantitative estimate of drug-likeness (QED) is 0.793. The second kappa shape index (κ2) is 8.53. The molecule has 0 atom stereocenters. The number of benzene rings is 2. The van der Waals surface area contributed by atoms with E-state index in [1.807, 2.05) is 47.4 Å². The lowest BCUT2D eigenvalue weighted by Crippen LogP contribution is -2.50. The summed E-state index contributed by atoms with van der Waals surface area (Å²) in [6.45, 7) is 6.99. The molecule has 6 heteroatoms. The Balaban J connectivity index is 1.51. The molecular formula is C21H26ClN3O2. The van der Waals surface area contributed by atoms with Crippen LogP contribution in [-0.4, -0.2) is 43.6 Å². The van der Waals surface area contributed by atoms with Crippen LogP contribution < -0.4 is 15.4 Å². The summed E-state index contributed by atoms with van der Waals surface area (Å²) in [5.41, 5.74) is 8.83. The van der Waals surface area contributed by atoms with E-state index in [1.165, 1.54) is 5.56 Å². The molecule has 0 spiro atoms. The highest BCUT2D eigenvalue weighted by atomic mass is 35.5. The Bertz CT molecular complexity index is 764. The first kappa shape index (κ1) is 19.4. The number of rotatable bonds is 5. The summed E-state index contributed by atoms with van der Waals surface area (Å²) < 4.78 is 5.66. The van der Waals surface area contributed by atoms with Crippen LogP contribution in [0.5, 0.6) is 5.75 Å². The van der Waals surface area contributed by atoms with Crippen molar-refractivity contribution in [2.75, 3.05) is 43.4 Å². The zero-order chi connectivity index (χ0) is 19.4. The van der Waals surface area contributed by atoms with Crippen molar-refractivity contribution in [1.29, 1.82) is 0 Å². The molecule has 1 amide bonds. The lowest BCUT2D eigenvalue weighted by molar-refractivity contribution is -0.133. The number of hydrogen-bond acceptors (Lipinski definition) is 4. The third kappa shape index (κ3) is 4.66. The van der Waals surface area contributed by atoms with Gasteiger partial charge in [-0.1, -0.05) is 43.6 Å². The molecule has 3 rings (SSSR count). The minimum atomic E-state index is -0.00489. The van der Waals surface area contributed by atoms with Gasteiger partial charge in [0, 0.05) is 26.2 Å². The molecule has 1 saturated heterocycles. The maximum absolute atomic E-state index is 12.5. The summed E-state index contributed by atoms with van der Waals surface area (Å²) in [5.74, 6) is 1.19. The molecule has 27 heavy (non-hydrogen) atoms. The third-order valence-electron chi connectivity index (χ3n) is 4.88. The van der Waals surface area contributed by atoms with Gasteiger partial charge in [0.2, 0.25) is 0 Å². The molecule has 0 aliphatic carbocycles. The van der Waals surface area contributed by atoms with Gasteiger partial charge in [0.15, 0.2) is 6.61 Å². The van der Waals surface area contributed by atoms with E-state index >= 15 is 0 Å². The van der Waals surface area contributed by atoms with Gasteiger partial charge in [0.05, 0.1) is 16.4 Å². The van der Waals surface area contributed by atoms with Crippen LogP contribution in [0.2, 0.25) is 5.02 Å². The third-order valence-corrected chi connectivity index (χ3v) is 5.18. The van der Waals surface area contributed by atoms with Crippen LogP contribution in [0.4, 0.5) is 11.4 Å². The van der Waals surface area contributed by atoms with Crippen molar-refractivity contribution in [1.82, 2.24) is 4.90 Å². The van der Waals surface area contributed by atoms with Gasteiger partial charge in [-0.3, -0.25) is 4.79 Å². The topological polar surface area (TPSA) is 58.8 Å². The number of amides is 1. The molecule has 0 bridgehead atoms. The van der Waals surface area contributed by atoms with E-state index in [0.29, 0.717) is 42.8 Å². The standard InChI is InChI=1S/C21H26ClN3O2/c1-15(2)16-6-8-17(9-7-16)27-14-20(26)24-10-12-25(13-11-24)21-18(22)4-3-5-19(21)23/h3-9,15H,10-14,23H2,1-2H3. The molecule has 0 aromatic heterocycles. The predicted molar refractivity (Wildman–Crippen MR) is 111 cm³/mol. The molecule has 144 valence electrons. The van der Waals surface area contributed by atoms with E-state index in [4.69, 9.17) is 22.1 Å². The molecule has 2 aromatic carbocycles. The summed E-state index contributed by atoms with van der Waals surface area (Å²) in [6.07, 6.45) is 0. The number of carbonyl (C=O) groups excluding carboxylic acids is 1. The normalized spacial score (nSPS) is 14.5. The highest BCUT2D eigenvalue weighted by Gasteiger charge is 2.23. The Hall–Kier alpha value is -2.40. The molecule has 0 unspecified atom stereocenters. The summed E-state index contributed by atoms with van der Waals surface area (Å²) >= 11 is 6.29. The monoisotopic (exact) mass is 387 g/mol. The molecule has 5 nitrogen and oxygen atoms in total. The zero-order valence-electron chi connectivity index (χ0n) is 15.8. The minimum Gasteiger partial charge on any atom is -0.484 e. The number of nitrogens with zero attached hydrogens (tertiary/aromatic N) is 2. The largest absolute Gasteiger partial charge is 0.484 e. The van der Waals surface area contributed by atoms with E-state index in [0.717, 1.165) is 11.4 Å². The Kier molecular flexibility index (Phi) is 6.11. The molecule has 2 aromatic rings. The second-order valence-corrected chi connectivity index (χ2v) is 7.47. The highest BCUT2D eigenvalue weighted by molar-refractivity contribution is 6.34. The Morgan fingerprint density at radius 1 is 1.11 bits per heavy atom. The molecule has 1 aliphatic heterocycles. The van der Waals surface area contributed by atoms with Crippen molar-refractivity contribution in [3.8, 4) is 5.75 Å². The smallest absolute Gasteiger partial charge is 0.260 e. The molecule has 1 heterocycles. The van der Waals surface area contributed by atoms with Gasteiger partial charge in [0.1, 0.15) is 5.75 Å². The fourth-order valence-electron chi connectivity index (χ4n) is 3.23. The average Bonchev–Trinajstić information content (AvgIpc) is 2.67. The molecule has 0 radical (unpaired) electrons. The maximum atomic E-state index is 12.5. The molecule has 2 N–H and O–H groups in total. The number of para-hydroxylation sites is 1. The summed E-state index contributed by atoms with van der Waals surface area (Å²) in [6, 6.07) is 13.4. The Labute approximate surface area is 165 Å². The Morgan fingerprint density at radius 2 is 1.78 bits per heavy atom. The first-order chi connectivity index (χ1) is 13.0. The van der Waals surface area contributed by atoms with Gasteiger partial charge in [-0.2, -0.15) is 0 Å². The van der Waals surface area contributed by atoms with Crippen molar-refractivity contribution in [3.05, 3.63) is 53.1 Å². The molecular weight excluding hydrogens is 362 g/mol. The second-order valence-electron chi connectivity index (χ2n) is 7.06. The fraction of sp³-hybridized carbons (Fsp3) is 0.381. The van der Waals surface area contributed by atoms with E-state index in [1.54, 1.807) is 0 Å². The van der Waals surface area contributed by atoms with Gasteiger partial charge in [-0.15, -0.1) is 0 Å². The number of nitrogen functional groups attached to an aromatic ring is 1.